The Labute approximate surface area is 87.0 Å². The van der Waals surface area contributed by atoms with Gasteiger partial charge in [-0.3, -0.25) is 0 Å². The fourth-order valence-corrected chi connectivity index (χ4v) is 1.20. The molecule has 0 saturated carbocycles. The monoisotopic (exact) mass is 276 g/mol. The summed E-state index contributed by atoms with van der Waals surface area (Å²) in [6.07, 6.45) is 3.84. The van der Waals surface area contributed by atoms with Crippen LogP contribution in [0.5, 0.6) is 0 Å². The van der Waals surface area contributed by atoms with Gasteiger partial charge in [0.1, 0.15) is 5.82 Å². The maximum Gasteiger partial charge on any atom is 0.137 e. The quantitative estimate of drug-likeness (QED) is 0.582. The maximum absolute atomic E-state index is 4.25. The smallest absolute Gasteiger partial charge is 0.137 e. The molecule has 1 heterocycles. The average Bonchev–Trinajstić information content (AvgIpc) is 2.03. The van der Waals surface area contributed by atoms with Crippen molar-refractivity contribution in [3.63, 3.8) is 0 Å². The van der Waals surface area contributed by atoms with Crippen molar-refractivity contribution in [2.75, 3.05) is 0 Å². The summed E-state index contributed by atoms with van der Waals surface area (Å²) in [6.45, 7) is 6.49. The molecular formula is C9H13IN2. The summed E-state index contributed by atoms with van der Waals surface area (Å²) < 4.78 is 0.877. The number of hydrogen-bond acceptors (Lipinski definition) is 2. The van der Waals surface area contributed by atoms with Gasteiger partial charge in [0, 0.05) is 12.4 Å². The van der Waals surface area contributed by atoms with E-state index in [1.165, 1.54) is 5.56 Å². The highest BCUT2D eigenvalue weighted by atomic mass is 127. The SMILES string of the molecule is CC(C)(C)c1cnc(CI)nc1. The van der Waals surface area contributed by atoms with Crippen LogP contribution in [0.15, 0.2) is 12.4 Å². The topological polar surface area (TPSA) is 25.8 Å². The van der Waals surface area contributed by atoms with Crippen LogP contribution < -0.4 is 0 Å². The molecule has 0 fully saturated rings. The van der Waals surface area contributed by atoms with Crippen molar-refractivity contribution in [3.8, 4) is 0 Å². The summed E-state index contributed by atoms with van der Waals surface area (Å²) in [4.78, 5) is 8.49. The molecule has 2 nitrogen and oxygen atoms in total. The molecule has 0 bridgehead atoms. The Morgan fingerprint density at radius 1 is 1.25 bits per heavy atom. The van der Waals surface area contributed by atoms with Crippen molar-refractivity contribution < 1.29 is 0 Å². The molecule has 0 saturated heterocycles. The third-order valence-electron chi connectivity index (χ3n) is 1.69. The van der Waals surface area contributed by atoms with Crippen LogP contribution >= 0.6 is 22.6 Å². The number of hydrogen-bond donors (Lipinski definition) is 0. The highest BCUT2D eigenvalue weighted by Crippen LogP contribution is 2.20. The van der Waals surface area contributed by atoms with Crippen LogP contribution in [-0.2, 0) is 9.84 Å². The Hall–Kier alpha value is -0.190. The van der Waals surface area contributed by atoms with E-state index in [2.05, 4.69) is 53.3 Å². The molecule has 1 rings (SSSR count). The molecule has 0 unspecified atom stereocenters. The standard InChI is InChI=1S/C9H13IN2/c1-9(2,3)7-5-11-8(4-10)12-6-7/h5-6H,4H2,1-3H3. The van der Waals surface area contributed by atoms with Gasteiger partial charge in [0.25, 0.3) is 0 Å². The molecule has 1 aromatic heterocycles. The van der Waals surface area contributed by atoms with E-state index in [0.29, 0.717) is 0 Å². The van der Waals surface area contributed by atoms with Crippen LogP contribution in [0.25, 0.3) is 0 Å². The number of rotatable bonds is 1. The van der Waals surface area contributed by atoms with Crippen LogP contribution in [0, 0.1) is 0 Å². The maximum atomic E-state index is 4.25. The van der Waals surface area contributed by atoms with Crippen molar-refractivity contribution in [2.45, 2.75) is 30.6 Å². The Morgan fingerprint density at radius 3 is 2.08 bits per heavy atom. The van der Waals surface area contributed by atoms with Crippen molar-refractivity contribution in [3.05, 3.63) is 23.8 Å². The number of halogens is 1. The van der Waals surface area contributed by atoms with Gasteiger partial charge in [-0.25, -0.2) is 9.97 Å². The summed E-state index contributed by atoms with van der Waals surface area (Å²) in [5.41, 5.74) is 1.35. The first kappa shape index (κ1) is 9.89. The lowest BCUT2D eigenvalue weighted by atomic mass is 9.89. The molecule has 0 aliphatic rings. The van der Waals surface area contributed by atoms with E-state index in [1.807, 2.05) is 12.4 Å². The zero-order chi connectivity index (χ0) is 9.19. The summed E-state index contributed by atoms with van der Waals surface area (Å²) in [5.74, 6) is 0.906. The summed E-state index contributed by atoms with van der Waals surface area (Å²) in [6, 6.07) is 0. The molecule has 0 amide bonds. The highest BCUT2D eigenvalue weighted by Gasteiger charge is 2.13. The minimum absolute atomic E-state index is 0.157. The second-order valence-electron chi connectivity index (χ2n) is 3.77. The fraction of sp³-hybridized carbons (Fsp3) is 0.556. The third-order valence-corrected chi connectivity index (χ3v) is 2.37. The first-order valence-corrected chi connectivity index (χ1v) is 5.44. The zero-order valence-corrected chi connectivity index (χ0v) is 9.79. The summed E-state index contributed by atoms with van der Waals surface area (Å²) >= 11 is 2.26. The van der Waals surface area contributed by atoms with E-state index >= 15 is 0 Å². The van der Waals surface area contributed by atoms with E-state index in [4.69, 9.17) is 0 Å². The van der Waals surface area contributed by atoms with Gasteiger partial charge in [-0.05, 0) is 11.0 Å². The van der Waals surface area contributed by atoms with Gasteiger partial charge in [0.15, 0.2) is 0 Å². The van der Waals surface area contributed by atoms with Crippen LogP contribution in [0.3, 0.4) is 0 Å². The Morgan fingerprint density at radius 2 is 1.75 bits per heavy atom. The van der Waals surface area contributed by atoms with E-state index in [1.54, 1.807) is 0 Å². The molecule has 0 aliphatic carbocycles. The predicted octanol–water partition coefficient (Wildman–Crippen LogP) is 2.71. The molecule has 66 valence electrons. The molecule has 0 atom stereocenters. The van der Waals surface area contributed by atoms with Crippen LogP contribution in [0.1, 0.15) is 32.2 Å². The summed E-state index contributed by atoms with van der Waals surface area (Å²) in [7, 11) is 0. The van der Waals surface area contributed by atoms with Crippen molar-refractivity contribution in [2.24, 2.45) is 0 Å². The summed E-state index contributed by atoms with van der Waals surface area (Å²) in [5, 5.41) is 0. The molecule has 3 heteroatoms. The molecule has 0 aromatic carbocycles. The van der Waals surface area contributed by atoms with Gasteiger partial charge in [0.2, 0.25) is 0 Å². The van der Waals surface area contributed by atoms with Crippen molar-refractivity contribution in [1.82, 2.24) is 9.97 Å². The van der Waals surface area contributed by atoms with E-state index in [-0.39, 0.29) is 5.41 Å². The van der Waals surface area contributed by atoms with Crippen molar-refractivity contribution >= 4 is 22.6 Å². The zero-order valence-electron chi connectivity index (χ0n) is 7.63. The minimum atomic E-state index is 0.157. The van der Waals surface area contributed by atoms with Crippen LogP contribution in [0.2, 0.25) is 0 Å². The van der Waals surface area contributed by atoms with E-state index in [0.717, 1.165) is 10.3 Å². The fourth-order valence-electron chi connectivity index (χ4n) is 0.811. The lowest BCUT2D eigenvalue weighted by Crippen LogP contribution is -2.12. The van der Waals surface area contributed by atoms with Gasteiger partial charge in [0.05, 0.1) is 4.43 Å². The minimum Gasteiger partial charge on any atom is -0.240 e. The largest absolute Gasteiger partial charge is 0.240 e. The Kier molecular flexibility index (Phi) is 3.04. The number of alkyl halides is 1. The van der Waals surface area contributed by atoms with E-state index < -0.39 is 0 Å². The van der Waals surface area contributed by atoms with Gasteiger partial charge in [-0.2, -0.15) is 0 Å². The van der Waals surface area contributed by atoms with Gasteiger partial charge >= 0.3 is 0 Å². The van der Waals surface area contributed by atoms with Gasteiger partial charge in [-0.1, -0.05) is 43.4 Å². The molecular weight excluding hydrogens is 263 g/mol. The molecule has 1 aromatic rings. The number of nitrogens with zero attached hydrogens (tertiary/aromatic N) is 2. The Bertz CT molecular complexity index is 248. The van der Waals surface area contributed by atoms with Gasteiger partial charge < -0.3 is 0 Å². The average molecular weight is 276 g/mol. The van der Waals surface area contributed by atoms with Gasteiger partial charge in [-0.15, -0.1) is 0 Å². The molecule has 0 radical (unpaired) electrons. The number of aromatic nitrogens is 2. The molecule has 0 spiro atoms. The third kappa shape index (κ3) is 2.40. The second kappa shape index (κ2) is 3.68. The molecule has 0 aliphatic heterocycles. The van der Waals surface area contributed by atoms with Crippen molar-refractivity contribution in [1.29, 1.82) is 0 Å². The van der Waals surface area contributed by atoms with E-state index in [9.17, 15) is 0 Å². The first-order chi connectivity index (χ1) is 5.54. The highest BCUT2D eigenvalue weighted by molar-refractivity contribution is 14.1. The first-order valence-electron chi connectivity index (χ1n) is 3.91. The normalized spacial score (nSPS) is 11.7. The van der Waals surface area contributed by atoms with Crippen LogP contribution in [0.4, 0.5) is 0 Å². The van der Waals surface area contributed by atoms with Crippen LogP contribution in [-0.4, -0.2) is 9.97 Å². The predicted molar refractivity (Wildman–Crippen MR) is 58.5 cm³/mol. The lowest BCUT2D eigenvalue weighted by molar-refractivity contribution is 0.583. The lowest BCUT2D eigenvalue weighted by Gasteiger charge is -2.17. The Balaban J connectivity index is 2.93. The molecule has 12 heavy (non-hydrogen) atoms. The molecule has 0 N–H and O–H groups in total. The second-order valence-corrected chi connectivity index (χ2v) is 4.53.